The van der Waals surface area contributed by atoms with Crippen molar-refractivity contribution in [3.05, 3.63) is 105 Å². The summed E-state index contributed by atoms with van der Waals surface area (Å²) < 4.78 is 0. The van der Waals surface area contributed by atoms with Gasteiger partial charge in [0.1, 0.15) is 5.41 Å². The third kappa shape index (κ3) is 7.36. The first-order valence-electron chi connectivity index (χ1n) is 12.5. The van der Waals surface area contributed by atoms with Crippen LogP contribution in [-0.2, 0) is 16.8 Å². The molecule has 0 aliphatic carbocycles. The van der Waals surface area contributed by atoms with Crippen molar-refractivity contribution in [2.45, 2.75) is 58.0 Å². The summed E-state index contributed by atoms with van der Waals surface area (Å²) in [5.41, 5.74) is 3.90. The minimum absolute atomic E-state index is 0.0275. The van der Waals surface area contributed by atoms with Crippen LogP contribution in [0, 0.1) is 23.7 Å². The highest BCUT2D eigenvalue weighted by Crippen LogP contribution is 2.48. The van der Waals surface area contributed by atoms with Crippen LogP contribution < -0.4 is 10.6 Å². The summed E-state index contributed by atoms with van der Waals surface area (Å²) in [6.07, 6.45) is 1.61. The summed E-state index contributed by atoms with van der Waals surface area (Å²) in [5.74, 6) is 0.0275. The van der Waals surface area contributed by atoms with Crippen molar-refractivity contribution in [3.63, 3.8) is 0 Å². The van der Waals surface area contributed by atoms with Gasteiger partial charge in [-0.05, 0) is 59.7 Å². The van der Waals surface area contributed by atoms with E-state index < -0.39 is 5.41 Å². The number of halogens is 2. The minimum atomic E-state index is -0.664. The molecule has 3 atom stereocenters. The van der Waals surface area contributed by atoms with Crippen molar-refractivity contribution in [2.24, 2.45) is 5.41 Å². The summed E-state index contributed by atoms with van der Waals surface area (Å²) in [5, 5.41) is 18.1. The Hall–Kier alpha value is -2.84. The highest BCUT2D eigenvalue weighted by molar-refractivity contribution is 6.30. The second kappa shape index (κ2) is 12.6. The lowest BCUT2D eigenvalue weighted by Gasteiger charge is -2.37. The summed E-state index contributed by atoms with van der Waals surface area (Å²) in [6, 6.07) is 26.4. The maximum absolute atomic E-state index is 10.5. The zero-order valence-electron chi connectivity index (χ0n) is 21.9. The Kier molecular flexibility index (Phi) is 9.79. The fourth-order valence-corrected chi connectivity index (χ4v) is 5.43. The number of rotatable bonds is 6. The Morgan fingerprint density at radius 1 is 1.05 bits per heavy atom. The molecule has 1 fully saturated rings. The fraction of sp³-hybridized carbons (Fsp3) is 0.355. The molecule has 1 aliphatic rings. The molecule has 0 aromatic heterocycles. The van der Waals surface area contributed by atoms with E-state index >= 15 is 0 Å². The van der Waals surface area contributed by atoms with Crippen LogP contribution in [-0.4, -0.2) is 19.0 Å². The number of nitriles is 1. The van der Waals surface area contributed by atoms with Gasteiger partial charge in [0.25, 0.3) is 0 Å². The van der Waals surface area contributed by atoms with E-state index in [-0.39, 0.29) is 17.4 Å². The van der Waals surface area contributed by atoms with Crippen molar-refractivity contribution in [1.29, 1.82) is 5.26 Å². The van der Waals surface area contributed by atoms with Gasteiger partial charge in [0.2, 0.25) is 6.41 Å². The van der Waals surface area contributed by atoms with Gasteiger partial charge in [-0.3, -0.25) is 4.79 Å². The molecule has 1 unspecified atom stereocenters. The minimum Gasteiger partial charge on any atom is -0.355 e. The fourth-order valence-electron chi connectivity index (χ4n) is 5.10. The molecule has 0 spiro atoms. The third-order valence-electron chi connectivity index (χ3n) is 6.71. The molecule has 1 amide bonds. The molecule has 2 N–H and O–H groups in total. The van der Waals surface area contributed by atoms with Crippen LogP contribution in [0.15, 0.2) is 72.8 Å². The average Bonchev–Trinajstić information content (AvgIpc) is 3.21. The van der Waals surface area contributed by atoms with E-state index in [0.717, 1.165) is 29.7 Å². The molecular weight excluding hydrogens is 501 g/mol. The lowest BCUT2D eigenvalue weighted by atomic mass is 9.64. The maximum Gasteiger partial charge on any atom is 0.207 e. The number of carbonyl (C=O) groups is 1. The molecule has 0 saturated carbocycles. The molecular formula is C31H35Cl2N3O. The first kappa shape index (κ1) is 28.7. The summed E-state index contributed by atoms with van der Waals surface area (Å²) in [6.45, 7) is 10.0. The van der Waals surface area contributed by atoms with Gasteiger partial charge in [-0.2, -0.15) is 5.26 Å². The molecule has 3 aromatic rings. The van der Waals surface area contributed by atoms with Gasteiger partial charge in [0.05, 0.1) is 6.07 Å². The zero-order chi connectivity index (χ0) is 27.1. The van der Waals surface area contributed by atoms with Crippen LogP contribution in [0.3, 0.4) is 0 Å². The summed E-state index contributed by atoms with van der Waals surface area (Å²) in [4.78, 5) is 9.95. The van der Waals surface area contributed by atoms with Crippen LogP contribution in [0.4, 0.5) is 0 Å². The van der Waals surface area contributed by atoms with Gasteiger partial charge < -0.3 is 10.6 Å². The monoisotopic (exact) mass is 535 g/mol. The Morgan fingerprint density at radius 3 is 2.35 bits per heavy atom. The second-order valence-corrected chi connectivity index (χ2v) is 11.7. The van der Waals surface area contributed by atoms with Crippen LogP contribution in [0.5, 0.6) is 0 Å². The molecule has 4 rings (SSSR count). The largest absolute Gasteiger partial charge is 0.355 e. The highest BCUT2D eigenvalue weighted by Gasteiger charge is 2.53. The maximum atomic E-state index is 10.5. The van der Waals surface area contributed by atoms with E-state index in [9.17, 15) is 10.1 Å². The molecule has 6 heteroatoms. The van der Waals surface area contributed by atoms with Crippen molar-refractivity contribution in [3.8, 4) is 6.07 Å². The number of amides is 1. The molecule has 1 aliphatic heterocycles. The first-order valence-corrected chi connectivity index (χ1v) is 13.2. The van der Waals surface area contributed by atoms with Crippen molar-refractivity contribution < 1.29 is 4.79 Å². The number of nitrogens with zero attached hydrogens (tertiary/aromatic N) is 1. The van der Waals surface area contributed by atoms with Crippen LogP contribution in [0.1, 0.15) is 55.4 Å². The van der Waals surface area contributed by atoms with Crippen LogP contribution in [0.2, 0.25) is 10.0 Å². The zero-order valence-corrected chi connectivity index (χ0v) is 23.4. The van der Waals surface area contributed by atoms with Crippen LogP contribution >= 0.6 is 23.2 Å². The third-order valence-corrected chi connectivity index (χ3v) is 7.20. The van der Waals surface area contributed by atoms with Gasteiger partial charge >= 0.3 is 0 Å². The van der Waals surface area contributed by atoms with Gasteiger partial charge in [0, 0.05) is 35.1 Å². The van der Waals surface area contributed by atoms with Crippen LogP contribution in [0.25, 0.3) is 0 Å². The number of hydrogen-bond acceptors (Lipinski definition) is 3. The highest BCUT2D eigenvalue weighted by atomic mass is 35.5. The van der Waals surface area contributed by atoms with E-state index in [0.29, 0.717) is 23.0 Å². The van der Waals surface area contributed by atoms with Crippen molar-refractivity contribution in [2.75, 3.05) is 6.54 Å². The molecule has 194 valence electrons. The summed E-state index contributed by atoms with van der Waals surface area (Å²) >= 11 is 12.4. The van der Waals surface area contributed by atoms with Crippen molar-refractivity contribution >= 4 is 29.6 Å². The topological polar surface area (TPSA) is 64.9 Å². The number of benzene rings is 3. The molecule has 0 bridgehead atoms. The summed E-state index contributed by atoms with van der Waals surface area (Å²) in [7, 11) is 0. The molecule has 1 saturated heterocycles. The number of aryl methyl sites for hydroxylation is 1. The van der Waals surface area contributed by atoms with E-state index in [1.54, 1.807) is 0 Å². The van der Waals surface area contributed by atoms with E-state index in [1.807, 2.05) is 67.6 Å². The number of nitrogens with one attached hydrogen (secondary N) is 2. The molecule has 3 aromatic carbocycles. The predicted octanol–water partition coefficient (Wildman–Crippen LogP) is 7.19. The second-order valence-electron chi connectivity index (χ2n) is 10.8. The Bertz CT molecular complexity index is 1230. The van der Waals surface area contributed by atoms with Gasteiger partial charge in [-0.25, -0.2) is 0 Å². The lowest BCUT2D eigenvalue weighted by Crippen LogP contribution is -2.44. The SMILES string of the molecule is CC(C)(C)C[C@@H]1NCC(c2cccc(Cl)c2)[C@@]1(C#N)c1ccc(Cl)cc1.Cc1cccc(CNC=O)c1. The van der Waals surface area contributed by atoms with E-state index in [2.05, 4.69) is 49.6 Å². The number of hydrogen-bond donors (Lipinski definition) is 2. The van der Waals surface area contributed by atoms with E-state index in [1.165, 1.54) is 5.56 Å². The van der Waals surface area contributed by atoms with Gasteiger partial charge in [-0.15, -0.1) is 0 Å². The Balaban J connectivity index is 0.000000289. The Morgan fingerprint density at radius 2 is 1.76 bits per heavy atom. The van der Waals surface area contributed by atoms with Gasteiger partial charge in [-0.1, -0.05) is 98.1 Å². The Labute approximate surface area is 231 Å². The normalized spacial score (nSPS) is 20.9. The quantitative estimate of drug-likeness (QED) is 0.328. The van der Waals surface area contributed by atoms with Crippen molar-refractivity contribution in [1.82, 2.24) is 10.6 Å². The smallest absolute Gasteiger partial charge is 0.207 e. The number of carbonyl (C=O) groups excluding carboxylic acids is 1. The lowest BCUT2D eigenvalue weighted by molar-refractivity contribution is -0.109. The molecule has 4 nitrogen and oxygen atoms in total. The molecule has 0 radical (unpaired) electrons. The molecule has 37 heavy (non-hydrogen) atoms. The first-order chi connectivity index (χ1) is 17.6. The predicted molar refractivity (Wildman–Crippen MR) is 153 cm³/mol. The van der Waals surface area contributed by atoms with Gasteiger partial charge in [0.15, 0.2) is 0 Å². The van der Waals surface area contributed by atoms with E-state index in [4.69, 9.17) is 23.2 Å². The standard InChI is InChI=1S/C22H24Cl2N2.C9H11NO/c1-21(2,3)12-20-22(14-25,16-7-9-17(23)10-8-16)19(13-26-20)15-5-4-6-18(24)11-15;1-8-3-2-4-9(5-8)6-10-7-11/h4-11,19-20,26H,12-13H2,1-3H3;2-5,7H,6H2,1H3,(H,10,11)/t19?,20-,22+;/m0./s1. The molecule has 1 heterocycles. The average molecular weight is 537 g/mol.